The van der Waals surface area contributed by atoms with Gasteiger partial charge in [-0.15, -0.1) is 0 Å². The lowest BCUT2D eigenvalue weighted by molar-refractivity contribution is -0.132. The number of hydrogen-bond donors (Lipinski definition) is 1. The molecule has 4 aromatic rings. The standard InChI is InChI=1S/C29H25ClN2O4/c1-16-9-11-19(13-17(16)2)32-26(22-15-31(3)23-8-6-5-7-20(22)23)25(28(34)29(32)35)27(33)21-14-18(30)10-12-24(21)36-4/h5-15,26,33H,1-4H3/b27-25+. The molecule has 1 aliphatic rings. The van der Waals surface area contributed by atoms with Crippen molar-refractivity contribution in [3.63, 3.8) is 0 Å². The molecule has 3 aromatic carbocycles. The second-order valence-electron chi connectivity index (χ2n) is 8.99. The highest BCUT2D eigenvalue weighted by molar-refractivity contribution is 6.52. The van der Waals surface area contributed by atoms with Gasteiger partial charge in [-0.2, -0.15) is 0 Å². The predicted molar refractivity (Wildman–Crippen MR) is 142 cm³/mol. The van der Waals surface area contributed by atoms with Gasteiger partial charge in [0.2, 0.25) is 0 Å². The number of aliphatic hydroxyl groups excluding tert-OH is 1. The molecule has 1 saturated heterocycles. The van der Waals surface area contributed by atoms with Gasteiger partial charge in [0.05, 0.1) is 24.3 Å². The number of carbonyl (C=O) groups excluding carboxylic acids is 2. The van der Waals surface area contributed by atoms with Gasteiger partial charge in [0.1, 0.15) is 11.5 Å². The van der Waals surface area contributed by atoms with Gasteiger partial charge in [0.25, 0.3) is 11.7 Å². The van der Waals surface area contributed by atoms with Crippen molar-refractivity contribution >= 4 is 45.6 Å². The van der Waals surface area contributed by atoms with E-state index >= 15 is 0 Å². The Labute approximate surface area is 214 Å². The molecular weight excluding hydrogens is 476 g/mol. The molecular formula is C29H25ClN2O4. The number of para-hydroxylation sites is 1. The Hall–Kier alpha value is -4.03. The number of halogens is 1. The van der Waals surface area contributed by atoms with Crippen molar-refractivity contribution in [1.82, 2.24) is 4.57 Å². The Morgan fingerprint density at radius 2 is 1.75 bits per heavy atom. The lowest BCUT2D eigenvalue weighted by atomic mass is 9.94. The van der Waals surface area contributed by atoms with Crippen LogP contribution in [0.3, 0.4) is 0 Å². The number of anilines is 1. The Kier molecular flexibility index (Phi) is 5.85. The molecule has 7 heteroatoms. The number of aryl methyl sites for hydroxylation is 3. The van der Waals surface area contributed by atoms with Crippen LogP contribution in [0.5, 0.6) is 5.75 Å². The van der Waals surface area contributed by atoms with E-state index in [4.69, 9.17) is 16.3 Å². The van der Waals surface area contributed by atoms with E-state index in [1.165, 1.54) is 18.1 Å². The smallest absolute Gasteiger partial charge is 0.300 e. The number of rotatable bonds is 4. The van der Waals surface area contributed by atoms with E-state index in [0.29, 0.717) is 16.5 Å². The fourth-order valence-electron chi connectivity index (χ4n) is 4.87. The first-order valence-electron chi connectivity index (χ1n) is 11.5. The Bertz CT molecular complexity index is 1580. The summed E-state index contributed by atoms with van der Waals surface area (Å²) in [6, 6.07) is 17.3. The Morgan fingerprint density at radius 1 is 1.00 bits per heavy atom. The summed E-state index contributed by atoms with van der Waals surface area (Å²) in [7, 11) is 3.38. The molecule has 5 rings (SSSR count). The zero-order valence-electron chi connectivity index (χ0n) is 20.4. The van der Waals surface area contributed by atoms with E-state index in [1.807, 2.05) is 74.1 Å². The van der Waals surface area contributed by atoms with Crippen molar-refractivity contribution < 1.29 is 19.4 Å². The molecule has 0 aliphatic carbocycles. The number of Topliss-reactive ketones (excluding diaryl/α,β-unsaturated/α-hetero) is 1. The van der Waals surface area contributed by atoms with Crippen molar-refractivity contribution in [2.24, 2.45) is 7.05 Å². The normalized spacial score (nSPS) is 17.2. The summed E-state index contributed by atoms with van der Waals surface area (Å²) >= 11 is 6.23. The van der Waals surface area contributed by atoms with Crippen molar-refractivity contribution in [2.45, 2.75) is 19.9 Å². The van der Waals surface area contributed by atoms with Crippen LogP contribution in [0.15, 0.2) is 72.4 Å². The summed E-state index contributed by atoms with van der Waals surface area (Å²) in [6.45, 7) is 3.94. The average molecular weight is 501 g/mol. The molecule has 6 nitrogen and oxygen atoms in total. The van der Waals surface area contributed by atoms with E-state index in [9.17, 15) is 14.7 Å². The van der Waals surface area contributed by atoms with Gasteiger partial charge in [0.15, 0.2) is 0 Å². The minimum atomic E-state index is -0.859. The number of fused-ring (bicyclic) bond motifs is 1. The number of benzene rings is 3. The van der Waals surface area contributed by atoms with Crippen molar-refractivity contribution in [3.8, 4) is 5.75 Å². The third-order valence-corrected chi connectivity index (χ3v) is 7.09. The second-order valence-corrected chi connectivity index (χ2v) is 9.43. The molecule has 0 radical (unpaired) electrons. The van der Waals surface area contributed by atoms with Crippen LogP contribution in [0, 0.1) is 13.8 Å². The highest BCUT2D eigenvalue weighted by Gasteiger charge is 2.48. The van der Waals surface area contributed by atoms with E-state index in [1.54, 1.807) is 12.1 Å². The fraction of sp³-hybridized carbons (Fsp3) is 0.172. The molecule has 1 N–H and O–H groups in total. The molecule has 0 bridgehead atoms. The van der Waals surface area contributed by atoms with Crippen molar-refractivity contribution in [3.05, 3.63) is 99.7 Å². The summed E-state index contributed by atoms with van der Waals surface area (Å²) in [4.78, 5) is 28.6. The maximum absolute atomic E-state index is 13.6. The molecule has 1 atom stereocenters. The summed E-state index contributed by atoms with van der Waals surface area (Å²) in [5, 5.41) is 12.8. The van der Waals surface area contributed by atoms with Gasteiger partial charge in [-0.3, -0.25) is 14.5 Å². The monoisotopic (exact) mass is 500 g/mol. The Balaban J connectivity index is 1.84. The molecule has 1 aromatic heterocycles. The van der Waals surface area contributed by atoms with Crippen LogP contribution in [0.25, 0.3) is 16.7 Å². The van der Waals surface area contributed by atoms with Crippen LogP contribution in [0.1, 0.15) is 28.3 Å². The molecule has 1 unspecified atom stereocenters. The van der Waals surface area contributed by atoms with Gasteiger partial charge in [0, 0.05) is 40.4 Å². The van der Waals surface area contributed by atoms with E-state index in [2.05, 4.69) is 0 Å². The van der Waals surface area contributed by atoms with Crippen LogP contribution in [-0.4, -0.2) is 28.5 Å². The highest BCUT2D eigenvalue weighted by atomic mass is 35.5. The van der Waals surface area contributed by atoms with Crippen LogP contribution in [0.2, 0.25) is 5.02 Å². The maximum atomic E-state index is 13.6. The van der Waals surface area contributed by atoms with Crippen LogP contribution in [-0.2, 0) is 16.6 Å². The van der Waals surface area contributed by atoms with Gasteiger partial charge in [-0.1, -0.05) is 35.9 Å². The SMILES string of the molecule is COc1ccc(Cl)cc1/C(O)=C1\C(=O)C(=O)N(c2ccc(C)c(C)c2)C1c1cn(C)c2ccccc12. The third-order valence-electron chi connectivity index (χ3n) is 6.85. The number of aromatic nitrogens is 1. The minimum absolute atomic E-state index is 0.0184. The van der Waals surface area contributed by atoms with E-state index in [-0.39, 0.29) is 16.9 Å². The number of carbonyl (C=O) groups is 2. The number of nitrogens with zero attached hydrogens (tertiary/aromatic N) is 2. The fourth-order valence-corrected chi connectivity index (χ4v) is 5.04. The van der Waals surface area contributed by atoms with Crippen molar-refractivity contribution in [2.75, 3.05) is 12.0 Å². The number of amides is 1. The average Bonchev–Trinajstić information content (AvgIpc) is 3.34. The number of methoxy groups -OCH3 is 1. The topological polar surface area (TPSA) is 71.8 Å². The third kappa shape index (κ3) is 3.65. The van der Waals surface area contributed by atoms with Crippen LogP contribution >= 0.6 is 11.6 Å². The molecule has 36 heavy (non-hydrogen) atoms. The summed E-state index contributed by atoms with van der Waals surface area (Å²) in [5.74, 6) is -1.48. The zero-order valence-corrected chi connectivity index (χ0v) is 21.1. The van der Waals surface area contributed by atoms with Crippen molar-refractivity contribution in [1.29, 1.82) is 0 Å². The summed E-state index contributed by atoms with van der Waals surface area (Å²) in [6.07, 6.45) is 1.90. The number of ether oxygens (including phenoxy) is 1. The maximum Gasteiger partial charge on any atom is 0.300 e. The number of aliphatic hydroxyl groups is 1. The van der Waals surface area contributed by atoms with E-state index < -0.39 is 17.7 Å². The lowest BCUT2D eigenvalue weighted by Crippen LogP contribution is -2.29. The van der Waals surface area contributed by atoms with Gasteiger partial charge < -0.3 is 14.4 Å². The lowest BCUT2D eigenvalue weighted by Gasteiger charge is -2.25. The Morgan fingerprint density at radius 3 is 2.47 bits per heavy atom. The molecule has 2 heterocycles. The second kappa shape index (κ2) is 8.88. The first kappa shape index (κ1) is 23.7. The van der Waals surface area contributed by atoms with Gasteiger partial charge in [-0.05, 0) is 61.4 Å². The first-order valence-corrected chi connectivity index (χ1v) is 11.9. The van der Waals surface area contributed by atoms with Gasteiger partial charge in [-0.25, -0.2) is 0 Å². The van der Waals surface area contributed by atoms with Gasteiger partial charge >= 0.3 is 0 Å². The summed E-state index contributed by atoms with van der Waals surface area (Å²) < 4.78 is 7.38. The molecule has 0 spiro atoms. The predicted octanol–water partition coefficient (Wildman–Crippen LogP) is 6.08. The van der Waals surface area contributed by atoms with E-state index in [0.717, 1.165) is 27.6 Å². The van der Waals surface area contributed by atoms with Crippen LogP contribution < -0.4 is 9.64 Å². The number of ketones is 1. The van der Waals surface area contributed by atoms with Crippen LogP contribution in [0.4, 0.5) is 5.69 Å². The molecule has 1 aliphatic heterocycles. The molecule has 1 amide bonds. The highest BCUT2D eigenvalue weighted by Crippen LogP contribution is 2.46. The quantitative estimate of drug-likeness (QED) is 0.209. The summed E-state index contributed by atoms with van der Waals surface area (Å²) in [5.41, 5.74) is 4.54. The molecule has 182 valence electrons. The zero-order chi connectivity index (χ0) is 25.7. The molecule has 1 fully saturated rings. The molecule has 0 saturated carbocycles. The number of hydrogen-bond acceptors (Lipinski definition) is 4. The first-order chi connectivity index (χ1) is 17.2. The minimum Gasteiger partial charge on any atom is -0.507 e. The largest absolute Gasteiger partial charge is 0.507 e.